The van der Waals surface area contributed by atoms with E-state index in [1.807, 2.05) is 13.8 Å². The molecular weight excluding hydrogens is 509 g/mol. The van der Waals surface area contributed by atoms with Crippen molar-refractivity contribution in [3.05, 3.63) is 12.7 Å². The normalized spacial score (nSPS) is 14.5. The first-order valence-electron chi connectivity index (χ1n) is 13.1. The van der Waals surface area contributed by atoms with Gasteiger partial charge < -0.3 is 24.4 Å². The average molecular weight is 554 g/mol. The number of anilines is 1. The van der Waals surface area contributed by atoms with Crippen molar-refractivity contribution in [2.75, 3.05) is 18.7 Å². The zero-order valence-corrected chi connectivity index (χ0v) is 24.8. The number of hydrogen-bond donors (Lipinski definition) is 2. The summed E-state index contributed by atoms with van der Waals surface area (Å²) in [7, 11) is -3.80. The molecule has 0 saturated heterocycles. The molecule has 214 valence electrons. The molecule has 0 unspecified atom stereocenters. The Morgan fingerprint density at radius 3 is 2.42 bits per heavy atom. The fourth-order valence-electron chi connectivity index (χ4n) is 3.73. The Hall–Kier alpha value is -2.56. The second kappa shape index (κ2) is 14.0. The molecule has 0 saturated carbocycles. The van der Waals surface area contributed by atoms with E-state index in [9.17, 15) is 9.36 Å². The third kappa shape index (κ3) is 9.63. The minimum atomic E-state index is -3.80. The maximum Gasteiger partial charge on any atom is 0.365 e. The van der Waals surface area contributed by atoms with E-state index in [1.165, 1.54) is 6.33 Å². The van der Waals surface area contributed by atoms with Crippen molar-refractivity contribution in [3.8, 4) is 0 Å². The second-order valence-electron chi connectivity index (χ2n) is 10.9. The van der Waals surface area contributed by atoms with Crippen LogP contribution in [0.15, 0.2) is 17.8 Å². The first-order chi connectivity index (χ1) is 17.8. The largest absolute Gasteiger partial charge is 0.464 e. The number of fused-ring (bicyclic) bond motifs is 1. The van der Waals surface area contributed by atoms with Gasteiger partial charge in [0.05, 0.1) is 31.3 Å². The second-order valence-corrected chi connectivity index (χ2v) is 12.9. The highest BCUT2D eigenvalue weighted by Gasteiger charge is 2.40. The molecule has 2 aromatic heterocycles. The van der Waals surface area contributed by atoms with Gasteiger partial charge >= 0.3 is 13.5 Å². The van der Waals surface area contributed by atoms with Crippen LogP contribution in [0.25, 0.3) is 11.2 Å². The quantitative estimate of drug-likeness (QED) is 0.129. The van der Waals surface area contributed by atoms with Crippen LogP contribution < -0.4 is 10.8 Å². The molecule has 12 nitrogen and oxygen atoms in total. The van der Waals surface area contributed by atoms with E-state index in [1.54, 1.807) is 24.7 Å². The Kier molecular flexibility index (Phi) is 11.7. The van der Waals surface area contributed by atoms with Crippen LogP contribution in [0.1, 0.15) is 74.7 Å². The molecule has 0 aliphatic rings. The molecule has 0 spiro atoms. The fraction of sp³-hybridized carbons (Fsp3) is 0.720. The molecule has 13 heteroatoms. The number of rotatable bonds is 16. The number of ether oxygens (including phenoxy) is 2. The molecule has 0 aliphatic carbocycles. The van der Waals surface area contributed by atoms with Gasteiger partial charge in [-0.25, -0.2) is 20.0 Å². The topological polar surface area (TPSA) is 156 Å². The lowest BCUT2D eigenvalue weighted by Gasteiger charge is -2.29. The summed E-state index contributed by atoms with van der Waals surface area (Å²) in [5, 5.41) is 7.16. The molecule has 0 aliphatic heterocycles. The van der Waals surface area contributed by atoms with Gasteiger partial charge in [-0.1, -0.05) is 39.8 Å². The van der Waals surface area contributed by atoms with Crippen molar-refractivity contribution in [1.29, 1.82) is 0 Å². The zero-order valence-electron chi connectivity index (χ0n) is 23.9. The van der Waals surface area contributed by atoms with Gasteiger partial charge in [0, 0.05) is 0 Å². The van der Waals surface area contributed by atoms with Gasteiger partial charge in [-0.05, 0) is 51.9 Å². The van der Waals surface area contributed by atoms with Crippen molar-refractivity contribution in [2.45, 2.75) is 92.8 Å². The van der Waals surface area contributed by atoms with Gasteiger partial charge in [-0.3, -0.25) is 9.36 Å². The summed E-state index contributed by atoms with van der Waals surface area (Å²) in [6.07, 6.45) is 4.33. The molecule has 2 heterocycles. The molecule has 38 heavy (non-hydrogen) atoms. The first-order valence-corrected chi connectivity index (χ1v) is 14.9. The van der Waals surface area contributed by atoms with Gasteiger partial charge in [0.15, 0.2) is 11.5 Å². The van der Waals surface area contributed by atoms with Crippen LogP contribution in [0.4, 0.5) is 5.82 Å². The number of carbonyl (C=O) groups is 1. The lowest BCUT2D eigenvalue weighted by Crippen LogP contribution is -2.46. The van der Waals surface area contributed by atoms with Crippen LogP contribution >= 0.6 is 7.52 Å². The van der Waals surface area contributed by atoms with Gasteiger partial charge in [0.2, 0.25) is 0 Å². The third-order valence-electron chi connectivity index (χ3n) is 5.40. The highest BCUT2D eigenvalue weighted by molar-refractivity contribution is 7.56. The van der Waals surface area contributed by atoms with E-state index in [-0.39, 0.29) is 18.8 Å². The number of nitrogens with two attached hydrogens (primary N) is 1. The Bertz CT molecular complexity index is 1120. The summed E-state index contributed by atoms with van der Waals surface area (Å²) < 4.78 is 32.8. The number of carbonyl (C=O) groups excluding carboxylic acids is 1. The van der Waals surface area contributed by atoms with E-state index in [2.05, 4.69) is 52.9 Å². The van der Waals surface area contributed by atoms with E-state index >= 15 is 0 Å². The van der Waals surface area contributed by atoms with Crippen LogP contribution in [0.5, 0.6) is 0 Å². The van der Waals surface area contributed by atoms with Gasteiger partial charge in [0.25, 0.3) is 0 Å². The zero-order chi connectivity index (χ0) is 28.5. The maximum absolute atomic E-state index is 14.0. The van der Waals surface area contributed by atoms with Crippen LogP contribution in [0.2, 0.25) is 0 Å². The van der Waals surface area contributed by atoms with Crippen molar-refractivity contribution in [3.63, 3.8) is 0 Å². The van der Waals surface area contributed by atoms with Crippen molar-refractivity contribution in [1.82, 2.24) is 24.6 Å². The number of oxime groups is 1. The van der Waals surface area contributed by atoms with Crippen molar-refractivity contribution < 1.29 is 23.5 Å². The van der Waals surface area contributed by atoms with Crippen LogP contribution in [0.3, 0.4) is 0 Å². The molecular formula is C25H44N7O5P. The third-order valence-corrected chi connectivity index (χ3v) is 7.13. The van der Waals surface area contributed by atoms with E-state index in [0.29, 0.717) is 48.8 Å². The van der Waals surface area contributed by atoms with Crippen LogP contribution in [-0.4, -0.2) is 55.8 Å². The highest BCUT2D eigenvalue weighted by atomic mass is 31.2. The summed E-state index contributed by atoms with van der Waals surface area (Å²) in [6, 6.07) is 0. The predicted octanol–water partition coefficient (Wildman–Crippen LogP) is 4.75. The smallest absolute Gasteiger partial charge is 0.365 e. The van der Waals surface area contributed by atoms with E-state index in [0.717, 1.165) is 5.71 Å². The monoisotopic (exact) mass is 553 g/mol. The lowest BCUT2D eigenvalue weighted by molar-refractivity contribution is -0.149. The molecule has 0 amide bonds. The number of hydrogen-bond acceptors (Lipinski definition) is 10. The SMILES string of the molecule is CCCOC(=O)C(C)(C)N[P@](=O)(CO[C@H](C)Cn1cnc2c(N)ncnc21)ON=C(CC(C)C)CC(C)C. The number of imidazole rings is 1. The minimum absolute atomic E-state index is 0.265. The minimum Gasteiger partial charge on any atom is -0.464 e. The number of nitrogens with one attached hydrogen (secondary N) is 1. The summed E-state index contributed by atoms with van der Waals surface area (Å²) in [6.45, 7) is 15.9. The fourth-order valence-corrected chi connectivity index (χ4v) is 5.53. The summed E-state index contributed by atoms with van der Waals surface area (Å²) >= 11 is 0. The van der Waals surface area contributed by atoms with E-state index in [4.69, 9.17) is 19.8 Å². The Balaban J connectivity index is 2.22. The van der Waals surface area contributed by atoms with Crippen molar-refractivity contribution in [2.24, 2.45) is 17.0 Å². The number of esters is 1. The Morgan fingerprint density at radius 2 is 1.82 bits per heavy atom. The lowest BCUT2D eigenvalue weighted by atomic mass is 9.99. The molecule has 0 aromatic carbocycles. The van der Waals surface area contributed by atoms with E-state index < -0.39 is 25.1 Å². The number of nitrogens with zero attached hydrogens (tertiary/aromatic N) is 5. The summed E-state index contributed by atoms with van der Waals surface area (Å²) in [5.41, 5.74) is 6.46. The average Bonchev–Trinajstić information content (AvgIpc) is 3.23. The standard InChI is InChI=1S/C25H44N7O5P/c1-9-10-35-24(33)25(7,8)31-38(34,37-30-20(11-17(2)3)12-18(4)5)16-36-19(6)13-32-15-29-21-22(26)27-14-28-23(21)32/h14-15,17-19H,9-13,16H2,1-8H3,(H,31,34)(H2,26,27,28)/t19-,38+/m1/s1. The molecule has 2 atom stereocenters. The maximum atomic E-state index is 14.0. The van der Waals surface area contributed by atoms with Gasteiger partial charge in [-0.15, -0.1) is 0 Å². The Labute approximate surface area is 225 Å². The van der Waals surface area contributed by atoms with Gasteiger partial charge in [-0.2, -0.15) is 0 Å². The Morgan fingerprint density at radius 1 is 1.16 bits per heavy atom. The van der Waals surface area contributed by atoms with Crippen LogP contribution in [-0.2, 0) is 30.0 Å². The van der Waals surface area contributed by atoms with Crippen LogP contribution in [0, 0.1) is 11.8 Å². The summed E-state index contributed by atoms with van der Waals surface area (Å²) in [4.78, 5) is 25.1. The first kappa shape index (κ1) is 31.7. The molecule has 0 bridgehead atoms. The predicted molar refractivity (Wildman–Crippen MR) is 149 cm³/mol. The molecule has 3 N–H and O–H groups in total. The molecule has 0 fully saturated rings. The summed E-state index contributed by atoms with van der Waals surface area (Å²) in [5.74, 6) is 0.455. The molecule has 0 radical (unpaired) electrons. The molecule has 2 rings (SSSR count). The number of aromatic nitrogens is 4. The van der Waals surface area contributed by atoms with Crippen molar-refractivity contribution >= 4 is 36.2 Å². The van der Waals surface area contributed by atoms with Gasteiger partial charge in [0.1, 0.15) is 23.7 Å². The number of nitrogen functional groups attached to an aromatic ring is 1. The molecule has 2 aromatic rings. The highest BCUT2D eigenvalue weighted by Crippen LogP contribution is 2.46.